The number of carbonyl (C=O) groups is 3. The van der Waals surface area contributed by atoms with Gasteiger partial charge in [-0.15, -0.1) is 11.3 Å². The van der Waals surface area contributed by atoms with Gasteiger partial charge in [-0.2, -0.15) is 13.2 Å². The van der Waals surface area contributed by atoms with Crippen LogP contribution >= 0.6 is 11.3 Å². The van der Waals surface area contributed by atoms with Gasteiger partial charge in [0, 0.05) is 34.3 Å². The van der Waals surface area contributed by atoms with E-state index in [1.807, 2.05) is 33.0 Å². The molecule has 7 nitrogen and oxygen atoms in total. The zero-order valence-electron chi connectivity index (χ0n) is 23.3. The van der Waals surface area contributed by atoms with Crippen molar-refractivity contribution < 1.29 is 27.6 Å². The minimum absolute atomic E-state index is 0.00998. The number of pyridine rings is 1. The third-order valence-electron chi connectivity index (χ3n) is 8.89. The summed E-state index contributed by atoms with van der Waals surface area (Å²) in [4.78, 5) is 47.4. The van der Waals surface area contributed by atoms with Gasteiger partial charge in [-0.25, -0.2) is 4.98 Å². The number of piperidine rings is 2. The molecule has 3 amide bonds. The predicted molar refractivity (Wildman–Crippen MR) is 149 cm³/mol. The Morgan fingerprint density at radius 1 is 1.17 bits per heavy atom. The predicted octanol–water partition coefficient (Wildman–Crippen LogP) is 5.26. The largest absolute Gasteiger partial charge is 0.433 e. The molecular formula is C30H31F3N4O3S. The molecule has 0 radical (unpaired) electrons. The van der Waals surface area contributed by atoms with Gasteiger partial charge in [-0.05, 0) is 55.3 Å². The lowest BCUT2D eigenvalue weighted by molar-refractivity contribution is -0.144. The number of nitrogens with one attached hydrogen (secondary N) is 1. The van der Waals surface area contributed by atoms with Crippen molar-refractivity contribution in [2.45, 2.75) is 52.4 Å². The molecule has 216 valence electrons. The van der Waals surface area contributed by atoms with Crippen molar-refractivity contribution in [1.29, 1.82) is 0 Å². The van der Waals surface area contributed by atoms with Crippen molar-refractivity contribution >= 4 is 39.1 Å². The number of halogens is 3. The summed E-state index contributed by atoms with van der Waals surface area (Å²) in [7, 11) is 1.83. The molecule has 1 aliphatic carbocycles. The van der Waals surface area contributed by atoms with Crippen molar-refractivity contribution in [2.75, 3.05) is 20.1 Å². The van der Waals surface area contributed by atoms with Gasteiger partial charge in [-0.3, -0.25) is 19.3 Å². The molecular weight excluding hydrogens is 553 g/mol. The van der Waals surface area contributed by atoms with E-state index in [0.29, 0.717) is 23.4 Å². The molecule has 1 saturated carbocycles. The van der Waals surface area contributed by atoms with Crippen molar-refractivity contribution in [3.63, 3.8) is 0 Å². The summed E-state index contributed by atoms with van der Waals surface area (Å²) in [5.41, 5.74) is -0.592. The normalized spacial score (nSPS) is 23.8. The van der Waals surface area contributed by atoms with Crippen LogP contribution in [0.1, 0.15) is 53.2 Å². The van der Waals surface area contributed by atoms with Crippen LogP contribution in [0.5, 0.6) is 0 Å². The Balaban J connectivity index is 1.42. The van der Waals surface area contributed by atoms with Gasteiger partial charge in [0.2, 0.25) is 11.8 Å². The summed E-state index contributed by atoms with van der Waals surface area (Å²) in [5.74, 6) is -1.27. The first kappa shape index (κ1) is 27.8. The highest BCUT2D eigenvalue weighted by molar-refractivity contribution is 7.19. The smallest absolute Gasteiger partial charge is 0.337 e. The summed E-state index contributed by atoms with van der Waals surface area (Å²) in [6, 6.07) is 8.13. The SMILES string of the molecule is CN[C@H]1CCCN(C(=O)c2c(C)cc(C(F)(F)F)nc2-c2cccc3cc(CN4C(=O)C5C(C4=O)C5(C)C)sc23)C1. The van der Waals surface area contributed by atoms with Crippen molar-refractivity contribution in [2.24, 2.45) is 17.3 Å². The van der Waals surface area contributed by atoms with Gasteiger partial charge in [0.15, 0.2) is 0 Å². The molecule has 3 atom stereocenters. The molecule has 3 aromatic rings. The van der Waals surface area contributed by atoms with Crippen LogP contribution in [-0.2, 0) is 22.3 Å². The molecule has 2 aliphatic heterocycles. The average molecular weight is 585 g/mol. The Labute approximate surface area is 239 Å². The average Bonchev–Trinajstić information content (AvgIpc) is 3.17. The Bertz CT molecular complexity index is 1570. The second-order valence-corrected chi connectivity index (χ2v) is 13.0. The second-order valence-electron chi connectivity index (χ2n) is 11.9. The Morgan fingerprint density at radius 3 is 2.54 bits per heavy atom. The first-order valence-corrected chi connectivity index (χ1v) is 14.6. The van der Waals surface area contributed by atoms with Gasteiger partial charge < -0.3 is 10.2 Å². The fraction of sp³-hybridized carbons (Fsp3) is 0.467. The number of hydrogen-bond donors (Lipinski definition) is 1. The maximum Gasteiger partial charge on any atom is 0.433 e. The van der Waals surface area contributed by atoms with E-state index in [-0.39, 0.29) is 64.4 Å². The maximum absolute atomic E-state index is 13.9. The molecule has 1 N–H and O–H groups in total. The van der Waals surface area contributed by atoms with Gasteiger partial charge in [0.1, 0.15) is 5.69 Å². The van der Waals surface area contributed by atoms with E-state index >= 15 is 0 Å². The number of thiophene rings is 1. The Hall–Kier alpha value is -3.31. The zero-order chi connectivity index (χ0) is 29.4. The molecule has 4 heterocycles. The summed E-state index contributed by atoms with van der Waals surface area (Å²) in [6.07, 6.45) is -2.99. The first-order valence-electron chi connectivity index (χ1n) is 13.7. The summed E-state index contributed by atoms with van der Waals surface area (Å²) in [5, 5.41) is 3.94. The number of carbonyl (C=O) groups excluding carboxylic acids is 3. The van der Waals surface area contributed by atoms with Crippen LogP contribution in [0.4, 0.5) is 13.2 Å². The molecule has 3 fully saturated rings. The molecule has 1 aromatic carbocycles. The molecule has 0 bridgehead atoms. The number of alkyl halides is 3. The highest BCUT2D eigenvalue weighted by Gasteiger charge is 2.72. The van der Waals surface area contributed by atoms with Gasteiger partial charge >= 0.3 is 6.18 Å². The number of aryl methyl sites for hydroxylation is 1. The summed E-state index contributed by atoms with van der Waals surface area (Å²) >= 11 is 1.30. The number of likely N-dealkylation sites (tertiary alicyclic amines) is 2. The minimum Gasteiger partial charge on any atom is -0.337 e. The first-order chi connectivity index (χ1) is 19.3. The van der Waals surface area contributed by atoms with Gasteiger partial charge in [0.05, 0.1) is 29.6 Å². The van der Waals surface area contributed by atoms with Crippen molar-refractivity contribution in [1.82, 2.24) is 20.1 Å². The van der Waals surface area contributed by atoms with Crippen molar-refractivity contribution in [3.8, 4) is 11.3 Å². The van der Waals surface area contributed by atoms with E-state index in [4.69, 9.17) is 0 Å². The molecule has 6 rings (SSSR count). The number of amides is 3. The van der Waals surface area contributed by atoms with Crippen LogP contribution in [0.2, 0.25) is 0 Å². The van der Waals surface area contributed by atoms with Crippen LogP contribution in [0.25, 0.3) is 21.3 Å². The lowest BCUT2D eigenvalue weighted by Crippen LogP contribution is -2.47. The number of nitrogens with zero attached hydrogens (tertiary/aromatic N) is 3. The van der Waals surface area contributed by atoms with E-state index in [9.17, 15) is 27.6 Å². The highest BCUT2D eigenvalue weighted by Crippen LogP contribution is 2.63. The number of imide groups is 1. The fourth-order valence-electron chi connectivity index (χ4n) is 6.53. The third-order valence-corrected chi connectivity index (χ3v) is 10.1. The highest BCUT2D eigenvalue weighted by atomic mass is 32.1. The van der Waals surface area contributed by atoms with Crippen LogP contribution in [0, 0.1) is 24.2 Å². The van der Waals surface area contributed by atoms with Gasteiger partial charge in [-0.1, -0.05) is 32.0 Å². The number of rotatable bonds is 5. The summed E-state index contributed by atoms with van der Waals surface area (Å²) < 4.78 is 42.4. The molecule has 2 aromatic heterocycles. The van der Waals surface area contributed by atoms with E-state index < -0.39 is 11.9 Å². The lowest BCUT2D eigenvalue weighted by Gasteiger charge is -2.33. The molecule has 2 unspecified atom stereocenters. The number of benzene rings is 1. The number of aromatic nitrogens is 1. The zero-order valence-corrected chi connectivity index (χ0v) is 24.1. The van der Waals surface area contributed by atoms with Gasteiger partial charge in [0.25, 0.3) is 5.91 Å². The quantitative estimate of drug-likeness (QED) is 0.414. The molecule has 41 heavy (non-hydrogen) atoms. The van der Waals surface area contributed by atoms with Crippen LogP contribution < -0.4 is 5.32 Å². The van der Waals surface area contributed by atoms with E-state index in [1.165, 1.54) is 23.2 Å². The molecule has 11 heteroatoms. The van der Waals surface area contributed by atoms with Crippen LogP contribution in [0.3, 0.4) is 0 Å². The summed E-state index contributed by atoms with van der Waals surface area (Å²) in [6.45, 7) is 6.45. The van der Waals surface area contributed by atoms with E-state index in [2.05, 4.69) is 10.3 Å². The second kappa shape index (κ2) is 9.62. The van der Waals surface area contributed by atoms with E-state index in [1.54, 1.807) is 17.0 Å². The molecule has 2 saturated heterocycles. The fourth-order valence-corrected chi connectivity index (χ4v) is 7.70. The minimum atomic E-state index is -4.69. The molecule has 3 aliphatic rings. The topological polar surface area (TPSA) is 82.6 Å². The monoisotopic (exact) mass is 584 g/mol. The third kappa shape index (κ3) is 4.53. The van der Waals surface area contributed by atoms with Crippen LogP contribution in [-0.4, -0.2) is 58.7 Å². The standard InChI is InChI=1S/C30H31F3N4O3S/c1-15-11-20(30(31,32)33)35-24(21(15)26(38)36-10-6-8-17(13-36)34-4)19-9-5-7-16-12-18(41-25(16)19)14-37-27(39)22-23(28(37)40)29(22,2)3/h5,7,9,11-12,17,22-23,34H,6,8,10,13-14H2,1-4H3/t17-,22?,23?/m0/s1. The maximum atomic E-state index is 13.9. The Kier molecular flexibility index (Phi) is 6.53. The van der Waals surface area contributed by atoms with Crippen molar-refractivity contribution in [3.05, 3.63) is 52.0 Å². The van der Waals surface area contributed by atoms with Crippen LogP contribution in [0.15, 0.2) is 30.3 Å². The Morgan fingerprint density at radius 2 is 1.88 bits per heavy atom. The molecule has 0 spiro atoms. The van der Waals surface area contributed by atoms with E-state index in [0.717, 1.165) is 29.2 Å². The number of hydrogen-bond acceptors (Lipinski definition) is 6. The number of fused-ring (bicyclic) bond motifs is 2. The number of likely N-dealkylation sites (N-methyl/N-ethyl adjacent to an activating group) is 1. The lowest BCUT2D eigenvalue weighted by atomic mass is 9.97.